The molecule has 2 aliphatic rings. The molecule has 0 aliphatic heterocycles. The lowest BCUT2D eigenvalue weighted by Gasteiger charge is -2.39. The van der Waals surface area contributed by atoms with Crippen molar-refractivity contribution in [3.63, 3.8) is 0 Å². The van der Waals surface area contributed by atoms with Crippen LogP contribution in [0.1, 0.15) is 60.1 Å². The average molecular weight is 417 g/mol. The smallest absolute Gasteiger partial charge is 0.265 e. The molecular weight excluding hydrogens is 392 g/mol. The van der Waals surface area contributed by atoms with Gasteiger partial charge in [0, 0.05) is 11.6 Å². The monoisotopic (exact) mass is 416 g/mol. The molecule has 0 spiro atoms. The maximum Gasteiger partial charge on any atom is 0.265 e. The molecule has 4 nitrogen and oxygen atoms in total. The van der Waals surface area contributed by atoms with Crippen LogP contribution in [0.3, 0.4) is 0 Å². The van der Waals surface area contributed by atoms with Crippen molar-refractivity contribution < 1.29 is 9.59 Å². The third kappa shape index (κ3) is 3.05. The van der Waals surface area contributed by atoms with Crippen LogP contribution in [-0.2, 0) is 0 Å². The minimum Gasteiger partial charge on any atom is -0.349 e. The maximum absolute atomic E-state index is 12.9. The van der Waals surface area contributed by atoms with Crippen LogP contribution in [0.5, 0.6) is 0 Å². The number of carbonyl (C=O) groups excluding carboxylic acids is 2. The number of halogens is 1. The van der Waals surface area contributed by atoms with Gasteiger partial charge in [-0.3, -0.25) is 9.59 Å². The Bertz CT molecular complexity index is 925. The Hall–Kier alpha value is -1.85. The Kier molecular flexibility index (Phi) is 4.79. The molecule has 2 amide bonds. The van der Waals surface area contributed by atoms with E-state index in [0.717, 1.165) is 12.8 Å². The van der Waals surface area contributed by atoms with Crippen molar-refractivity contribution in [2.45, 2.75) is 46.1 Å². The summed E-state index contributed by atoms with van der Waals surface area (Å²) in [5.41, 5.74) is 1.32. The SMILES string of the molecule is CC1(C)C2CCC1(C)C(NC(=O)c1ccc(Cl)c(NC(=O)c3cccs3)c1)C2. The Morgan fingerprint density at radius 2 is 1.96 bits per heavy atom. The molecule has 3 unspecified atom stereocenters. The van der Waals surface area contributed by atoms with E-state index in [4.69, 9.17) is 11.6 Å². The highest BCUT2D eigenvalue weighted by Crippen LogP contribution is 2.65. The van der Waals surface area contributed by atoms with Gasteiger partial charge in [0.1, 0.15) is 0 Å². The first-order valence-electron chi connectivity index (χ1n) is 9.67. The second-order valence-electron chi connectivity index (χ2n) is 8.76. The fourth-order valence-corrected chi connectivity index (χ4v) is 5.80. The van der Waals surface area contributed by atoms with Crippen LogP contribution in [0.2, 0.25) is 5.02 Å². The predicted octanol–water partition coefficient (Wildman–Crippen LogP) is 5.60. The van der Waals surface area contributed by atoms with Crippen molar-refractivity contribution in [1.82, 2.24) is 5.32 Å². The van der Waals surface area contributed by atoms with E-state index in [-0.39, 0.29) is 28.7 Å². The first-order valence-corrected chi connectivity index (χ1v) is 10.9. The van der Waals surface area contributed by atoms with Crippen molar-refractivity contribution in [3.8, 4) is 0 Å². The molecule has 6 heteroatoms. The van der Waals surface area contributed by atoms with Gasteiger partial charge in [0.2, 0.25) is 0 Å². The minimum absolute atomic E-state index is 0.113. The minimum atomic E-state index is -0.225. The lowest BCUT2D eigenvalue weighted by Crippen LogP contribution is -2.46. The van der Waals surface area contributed by atoms with Gasteiger partial charge in [-0.2, -0.15) is 0 Å². The highest BCUT2D eigenvalue weighted by molar-refractivity contribution is 7.12. The summed E-state index contributed by atoms with van der Waals surface area (Å²) >= 11 is 7.60. The van der Waals surface area contributed by atoms with Gasteiger partial charge in [-0.25, -0.2) is 0 Å². The molecule has 3 atom stereocenters. The molecule has 0 saturated heterocycles. The summed E-state index contributed by atoms with van der Waals surface area (Å²) in [6.45, 7) is 6.97. The van der Waals surface area contributed by atoms with E-state index >= 15 is 0 Å². The second-order valence-corrected chi connectivity index (χ2v) is 10.1. The molecular formula is C22H25ClN2O2S. The Labute approximate surface area is 174 Å². The zero-order valence-electron chi connectivity index (χ0n) is 16.3. The summed E-state index contributed by atoms with van der Waals surface area (Å²) in [4.78, 5) is 25.9. The second kappa shape index (κ2) is 6.89. The molecule has 1 aromatic heterocycles. The Balaban J connectivity index is 1.50. The molecule has 2 fully saturated rings. The summed E-state index contributed by atoms with van der Waals surface area (Å²) in [5, 5.41) is 8.32. The molecule has 2 aliphatic carbocycles. The summed E-state index contributed by atoms with van der Waals surface area (Å²) < 4.78 is 0. The molecule has 2 saturated carbocycles. The van der Waals surface area contributed by atoms with Crippen LogP contribution in [-0.4, -0.2) is 17.9 Å². The van der Waals surface area contributed by atoms with Crippen molar-refractivity contribution in [2.75, 3.05) is 5.32 Å². The van der Waals surface area contributed by atoms with Crippen LogP contribution >= 0.6 is 22.9 Å². The van der Waals surface area contributed by atoms with Gasteiger partial charge < -0.3 is 10.6 Å². The number of rotatable bonds is 4. The number of carbonyl (C=O) groups is 2. The quantitative estimate of drug-likeness (QED) is 0.681. The summed E-state index contributed by atoms with van der Waals surface area (Å²) in [6.07, 6.45) is 3.43. The summed E-state index contributed by atoms with van der Waals surface area (Å²) in [7, 11) is 0. The van der Waals surface area contributed by atoms with Crippen molar-refractivity contribution in [1.29, 1.82) is 0 Å². The van der Waals surface area contributed by atoms with E-state index in [1.807, 2.05) is 11.4 Å². The van der Waals surface area contributed by atoms with Crippen LogP contribution < -0.4 is 10.6 Å². The number of nitrogens with one attached hydrogen (secondary N) is 2. The fourth-order valence-electron chi connectivity index (χ4n) is 5.02. The standard InChI is InChI=1S/C22H25ClN2O2S/c1-21(2)14-8-9-22(21,3)18(12-14)25-19(26)13-6-7-15(23)16(11-13)24-20(27)17-5-4-10-28-17/h4-7,10-11,14,18H,8-9,12H2,1-3H3,(H,24,27)(H,25,26). The normalized spacial score (nSPS) is 27.6. The molecule has 2 aromatic rings. The van der Waals surface area contributed by atoms with E-state index in [0.29, 0.717) is 27.1 Å². The molecule has 2 N–H and O–H groups in total. The van der Waals surface area contributed by atoms with Gasteiger partial charge >= 0.3 is 0 Å². The van der Waals surface area contributed by atoms with Gasteiger partial charge in [-0.15, -0.1) is 11.3 Å². The third-order valence-electron chi connectivity index (χ3n) is 7.32. The number of hydrogen-bond acceptors (Lipinski definition) is 3. The molecule has 2 bridgehead atoms. The topological polar surface area (TPSA) is 58.2 Å². The van der Waals surface area contributed by atoms with Crippen molar-refractivity contribution in [2.24, 2.45) is 16.7 Å². The highest BCUT2D eigenvalue weighted by Gasteiger charge is 2.61. The zero-order chi connectivity index (χ0) is 20.1. The number of hydrogen-bond donors (Lipinski definition) is 2. The lowest BCUT2D eigenvalue weighted by molar-refractivity contribution is 0.0825. The fraction of sp³-hybridized carbons (Fsp3) is 0.455. The first kappa shape index (κ1) is 19.5. The van der Waals surface area contributed by atoms with Crippen molar-refractivity contribution >= 4 is 40.4 Å². The van der Waals surface area contributed by atoms with Crippen LogP contribution in [0.25, 0.3) is 0 Å². The molecule has 1 aromatic carbocycles. The Morgan fingerprint density at radius 1 is 1.18 bits per heavy atom. The van der Waals surface area contributed by atoms with E-state index in [1.54, 1.807) is 24.3 Å². The summed E-state index contributed by atoms with van der Waals surface area (Å²) in [6, 6.07) is 8.77. The molecule has 0 radical (unpaired) electrons. The van der Waals surface area contributed by atoms with Crippen molar-refractivity contribution in [3.05, 3.63) is 51.2 Å². The van der Waals surface area contributed by atoms with Gasteiger partial charge in [-0.1, -0.05) is 38.4 Å². The highest BCUT2D eigenvalue weighted by atomic mass is 35.5. The number of benzene rings is 1. The lowest BCUT2D eigenvalue weighted by atomic mass is 9.69. The van der Waals surface area contributed by atoms with Crippen LogP contribution in [0, 0.1) is 16.7 Å². The number of fused-ring (bicyclic) bond motifs is 2. The molecule has 148 valence electrons. The van der Waals surface area contributed by atoms with Gasteiger partial charge in [0.05, 0.1) is 15.6 Å². The van der Waals surface area contributed by atoms with E-state index in [2.05, 4.69) is 31.4 Å². The van der Waals surface area contributed by atoms with E-state index < -0.39 is 0 Å². The van der Waals surface area contributed by atoms with Gasteiger partial charge in [0.15, 0.2) is 0 Å². The predicted molar refractivity (Wildman–Crippen MR) is 114 cm³/mol. The van der Waals surface area contributed by atoms with E-state index in [1.165, 1.54) is 17.8 Å². The number of anilines is 1. The Morgan fingerprint density at radius 3 is 2.57 bits per heavy atom. The summed E-state index contributed by atoms with van der Waals surface area (Å²) in [5.74, 6) is 0.323. The molecule has 28 heavy (non-hydrogen) atoms. The van der Waals surface area contributed by atoms with Gasteiger partial charge in [0.25, 0.3) is 11.8 Å². The largest absolute Gasteiger partial charge is 0.349 e. The zero-order valence-corrected chi connectivity index (χ0v) is 17.9. The molecule has 4 rings (SSSR count). The first-order chi connectivity index (χ1) is 13.2. The van der Waals surface area contributed by atoms with Crippen LogP contribution in [0.4, 0.5) is 5.69 Å². The number of thiophene rings is 1. The molecule has 1 heterocycles. The maximum atomic E-state index is 12.9. The van der Waals surface area contributed by atoms with Gasteiger partial charge in [-0.05, 0) is 65.7 Å². The third-order valence-corrected chi connectivity index (χ3v) is 8.52. The van der Waals surface area contributed by atoms with E-state index in [9.17, 15) is 9.59 Å². The number of amides is 2. The van der Waals surface area contributed by atoms with Crippen LogP contribution in [0.15, 0.2) is 35.7 Å². The average Bonchev–Trinajstić information content (AvgIpc) is 3.30.